The molecule has 144 valence electrons. The molecule has 1 heterocycles. The van der Waals surface area contributed by atoms with Crippen LogP contribution in [0.2, 0.25) is 0 Å². The lowest BCUT2D eigenvalue weighted by atomic mass is 9.96. The van der Waals surface area contributed by atoms with E-state index < -0.39 is 18.3 Å². The van der Waals surface area contributed by atoms with Crippen molar-refractivity contribution in [3.8, 4) is 11.1 Å². The highest BCUT2D eigenvalue weighted by Gasteiger charge is 2.25. The molecule has 0 amide bonds. The van der Waals surface area contributed by atoms with E-state index in [1.165, 1.54) is 6.07 Å². The molecule has 1 aromatic heterocycles. The minimum Gasteiger partial charge on any atom is -0.347 e. The average Bonchev–Trinajstić information content (AvgIpc) is 2.89. The summed E-state index contributed by atoms with van der Waals surface area (Å²) in [4.78, 5) is 0. The Bertz CT molecular complexity index is 968. The minimum atomic E-state index is -2.71. The molecule has 0 saturated heterocycles. The van der Waals surface area contributed by atoms with E-state index in [0.717, 1.165) is 16.6 Å². The van der Waals surface area contributed by atoms with Crippen LogP contribution in [0.4, 0.5) is 13.2 Å². The zero-order chi connectivity index (χ0) is 19.9. The van der Waals surface area contributed by atoms with Gasteiger partial charge in [-0.15, -0.1) is 0 Å². The Labute approximate surface area is 157 Å². The molecule has 0 fully saturated rings. The number of alkyl halides is 2. The monoisotopic (exact) mass is 374 g/mol. The molecule has 0 spiro atoms. The number of aromatic nitrogens is 1. The first-order valence-electron chi connectivity index (χ1n) is 9.00. The van der Waals surface area contributed by atoms with Crippen LogP contribution in [0.15, 0.2) is 42.6 Å². The number of nitrogens with zero attached hydrogens (tertiary/aromatic N) is 1. The van der Waals surface area contributed by atoms with Crippen LogP contribution in [0.25, 0.3) is 22.0 Å². The number of benzene rings is 2. The second-order valence-electron chi connectivity index (χ2n) is 8.30. The largest absolute Gasteiger partial charge is 0.347 e. The maximum Gasteiger partial charge on any atom is 0.257 e. The number of hydrogen-bond acceptors (Lipinski definition) is 1. The number of aryl methyl sites for hydroxylation is 1. The lowest BCUT2D eigenvalue weighted by Gasteiger charge is -2.20. The fourth-order valence-electron chi connectivity index (χ4n) is 3.46. The smallest absolute Gasteiger partial charge is 0.257 e. The summed E-state index contributed by atoms with van der Waals surface area (Å²) < 4.78 is 43.4. The van der Waals surface area contributed by atoms with Crippen molar-refractivity contribution >= 4 is 10.9 Å². The van der Waals surface area contributed by atoms with Crippen molar-refractivity contribution in [2.24, 2.45) is 11.1 Å². The molecular weight excluding hydrogens is 349 g/mol. The summed E-state index contributed by atoms with van der Waals surface area (Å²) >= 11 is 0. The molecule has 5 heteroatoms. The van der Waals surface area contributed by atoms with Gasteiger partial charge in [0, 0.05) is 34.8 Å². The Morgan fingerprint density at radius 3 is 2.33 bits per heavy atom. The summed E-state index contributed by atoms with van der Waals surface area (Å²) in [6.07, 6.45) is -1.06. The fraction of sp³-hybridized carbons (Fsp3) is 0.364. The number of rotatable bonds is 4. The molecule has 0 unspecified atom stereocenters. The molecule has 0 aliphatic heterocycles. The van der Waals surface area contributed by atoms with Crippen LogP contribution in [0.1, 0.15) is 37.9 Å². The summed E-state index contributed by atoms with van der Waals surface area (Å²) in [5.41, 5.74) is 8.85. The molecule has 2 aromatic carbocycles. The molecular formula is C22H25F3N2. The van der Waals surface area contributed by atoms with E-state index in [-0.39, 0.29) is 11.0 Å². The van der Waals surface area contributed by atoms with Gasteiger partial charge in [-0.1, -0.05) is 45.0 Å². The molecule has 3 aromatic rings. The lowest BCUT2D eigenvalue weighted by Crippen LogP contribution is -2.19. The molecule has 27 heavy (non-hydrogen) atoms. The highest BCUT2D eigenvalue weighted by atomic mass is 19.3. The summed E-state index contributed by atoms with van der Waals surface area (Å²) in [5.74, 6) is -0.437. The quantitative estimate of drug-likeness (QED) is 0.591. The highest BCUT2D eigenvalue weighted by Crippen LogP contribution is 2.36. The molecule has 0 aliphatic carbocycles. The van der Waals surface area contributed by atoms with Gasteiger partial charge < -0.3 is 10.3 Å². The van der Waals surface area contributed by atoms with Crippen LogP contribution < -0.4 is 5.73 Å². The van der Waals surface area contributed by atoms with Crippen LogP contribution >= 0.6 is 0 Å². The van der Waals surface area contributed by atoms with E-state index in [4.69, 9.17) is 5.73 Å². The van der Waals surface area contributed by atoms with Gasteiger partial charge in [0.05, 0.1) is 6.04 Å². The van der Waals surface area contributed by atoms with E-state index in [9.17, 15) is 13.2 Å². The van der Waals surface area contributed by atoms with Gasteiger partial charge in [0.2, 0.25) is 0 Å². The van der Waals surface area contributed by atoms with Crippen molar-refractivity contribution in [1.29, 1.82) is 0 Å². The Morgan fingerprint density at radius 2 is 1.74 bits per heavy atom. The fourth-order valence-corrected chi connectivity index (χ4v) is 3.46. The number of nitrogens with two attached hydrogens (primary N) is 1. The van der Waals surface area contributed by atoms with Crippen molar-refractivity contribution < 1.29 is 13.2 Å². The van der Waals surface area contributed by atoms with Gasteiger partial charge >= 0.3 is 0 Å². The molecule has 3 rings (SSSR count). The number of fused-ring (bicyclic) bond motifs is 1. The van der Waals surface area contributed by atoms with Crippen molar-refractivity contribution in [3.05, 3.63) is 59.5 Å². The van der Waals surface area contributed by atoms with E-state index in [2.05, 4.69) is 20.8 Å². The van der Waals surface area contributed by atoms with Crippen LogP contribution in [-0.4, -0.2) is 11.0 Å². The van der Waals surface area contributed by atoms with Crippen molar-refractivity contribution in [2.75, 3.05) is 0 Å². The van der Waals surface area contributed by atoms with Crippen LogP contribution in [-0.2, 0) is 6.54 Å². The molecule has 0 aliphatic rings. The van der Waals surface area contributed by atoms with Gasteiger partial charge in [-0.05, 0) is 35.6 Å². The normalized spacial score (nSPS) is 13.5. The van der Waals surface area contributed by atoms with Crippen LogP contribution in [0.5, 0.6) is 0 Å². The highest BCUT2D eigenvalue weighted by molar-refractivity contribution is 5.89. The third kappa shape index (κ3) is 3.88. The van der Waals surface area contributed by atoms with Crippen LogP contribution in [0.3, 0.4) is 0 Å². The molecule has 0 bridgehead atoms. The Hall–Kier alpha value is -2.27. The summed E-state index contributed by atoms with van der Waals surface area (Å²) in [7, 11) is 0. The number of hydrogen-bond donors (Lipinski definition) is 1. The maximum absolute atomic E-state index is 14.9. The van der Waals surface area contributed by atoms with Gasteiger partial charge in [-0.2, -0.15) is 0 Å². The van der Waals surface area contributed by atoms with Gasteiger partial charge in [-0.3, -0.25) is 0 Å². The average molecular weight is 374 g/mol. The molecule has 0 radical (unpaired) electrons. The summed E-state index contributed by atoms with van der Waals surface area (Å²) in [5, 5.41) is 0.446. The Balaban J connectivity index is 2.27. The third-order valence-corrected chi connectivity index (χ3v) is 4.71. The lowest BCUT2D eigenvalue weighted by molar-refractivity contribution is 0.117. The first-order valence-corrected chi connectivity index (χ1v) is 9.00. The predicted molar refractivity (Wildman–Crippen MR) is 104 cm³/mol. The molecule has 2 nitrogen and oxygen atoms in total. The van der Waals surface area contributed by atoms with E-state index in [1.807, 2.05) is 35.8 Å². The Kier molecular flexibility index (Phi) is 5.08. The SMILES string of the molecule is Cc1ccccc1-c1cc2c(cc1F)c([C@H](N)C(F)F)cn2CC(C)(C)C. The van der Waals surface area contributed by atoms with E-state index >= 15 is 0 Å². The standard InChI is InChI=1S/C22H25F3N2/c1-13-7-5-6-8-14(13)15-10-19-16(9-18(15)23)17(20(26)21(24)25)11-27(19)12-22(2,3)4/h5-11,20-21H,12,26H2,1-4H3/t20-/m0/s1. The first-order chi connectivity index (χ1) is 12.6. The number of halogens is 3. The minimum absolute atomic E-state index is 0.0740. The predicted octanol–water partition coefficient (Wildman–Crippen LogP) is 6.07. The zero-order valence-corrected chi connectivity index (χ0v) is 16.1. The van der Waals surface area contributed by atoms with E-state index in [0.29, 0.717) is 17.5 Å². The van der Waals surface area contributed by atoms with Crippen molar-refractivity contribution in [1.82, 2.24) is 4.57 Å². The zero-order valence-electron chi connectivity index (χ0n) is 16.1. The summed E-state index contributed by atoms with van der Waals surface area (Å²) in [6, 6.07) is 9.19. The molecule has 0 saturated carbocycles. The van der Waals surface area contributed by atoms with Gasteiger partial charge in [0.1, 0.15) is 5.82 Å². The van der Waals surface area contributed by atoms with Crippen LogP contribution in [0, 0.1) is 18.2 Å². The maximum atomic E-state index is 14.9. The third-order valence-electron chi connectivity index (χ3n) is 4.71. The summed E-state index contributed by atoms with van der Waals surface area (Å²) in [6.45, 7) is 8.73. The molecule has 2 N–H and O–H groups in total. The van der Waals surface area contributed by atoms with Gasteiger partial charge in [0.15, 0.2) is 0 Å². The van der Waals surface area contributed by atoms with E-state index in [1.54, 1.807) is 12.3 Å². The van der Waals surface area contributed by atoms with Gasteiger partial charge in [-0.25, -0.2) is 13.2 Å². The van der Waals surface area contributed by atoms with Crippen molar-refractivity contribution in [2.45, 2.75) is 46.7 Å². The van der Waals surface area contributed by atoms with Crippen molar-refractivity contribution in [3.63, 3.8) is 0 Å². The Morgan fingerprint density at radius 1 is 1.07 bits per heavy atom. The van der Waals surface area contributed by atoms with Gasteiger partial charge in [0.25, 0.3) is 6.43 Å². The topological polar surface area (TPSA) is 30.9 Å². The first kappa shape index (κ1) is 19.5. The second-order valence-corrected chi connectivity index (χ2v) is 8.30. The second kappa shape index (κ2) is 7.04. The molecule has 1 atom stereocenters.